The van der Waals surface area contributed by atoms with Crippen LogP contribution in [-0.4, -0.2) is 53.9 Å². The number of nitrogens with one attached hydrogen (secondary N) is 4. The lowest BCUT2D eigenvalue weighted by Crippen LogP contribution is -2.51. The normalized spacial score (nSPS) is 18.7. The molecule has 4 N–H and O–H groups in total. The third-order valence-corrected chi connectivity index (χ3v) is 8.17. The number of aromatic nitrogens is 1. The van der Waals surface area contributed by atoms with Crippen molar-refractivity contribution in [3.8, 4) is 11.1 Å². The molecule has 1 saturated carbocycles. The number of rotatable bonds is 9. The predicted octanol–water partition coefficient (Wildman–Crippen LogP) is 7.23. The molecule has 2 unspecified atom stereocenters. The van der Waals surface area contributed by atoms with Crippen molar-refractivity contribution in [3.05, 3.63) is 95.4 Å². The van der Waals surface area contributed by atoms with Crippen molar-refractivity contribution in [2.45, 2.75) is 44.2 Å². The molecule has 0 spiro atoms. The standard InChI is InChI=1S/C34H37ClFN5O2/c1-34(40-33(43)22-12-15-31(29(36)18-22)39-32(42)11-7-17-41(2)3)16-6-8-24(20-34)38-23-13-14-28(35)26(19-23)27-21-37-30-10-5-4-9-25(27)30/h4-5,7,9-15,18-19,21,24,37-38H,6,8,16-17,20H2,1-3H3,(H,39,42)(H,40,43)/b11-7+. The molecule has 9 heteroatoms. The first kappa shape index (κ1) is 30.3. The second-order valence-electron chi connectivity index (χ2n) is 11.7. The summed E-state index contributed by atoms with van der Waals surface area (Å²) in [7, 11) is 3.77. The van der Waals surface area contributed by atoms with Crippen LogP contribution in [0.15, 0.2) is 79.0 Å². The molecule has 0 radical (unpaired) electrons. The Morgan fingerprint density at radius 1 is 1.12 bits per heavy atom. The van der Waals surface area contributed by atoms with Gasteiger partial charge in [0.2, 0.25) is 5.91 Å². The lowest BCUT2D eigenvalue weighted by molar-refractivity contribution is -0.111. The van der Waals surface area contributed by atoms with Crippen LogP contribution in [0.1, 0.15) is 43.0 Å². The molecule has 224 valence electrons. The molecule has 5 rings (SSSR count). The number of amides is 2. The summed E-state index contributed by atoms with van der Waals surface area (Å²) in [6, 6.07) is 18.3. The van der Waals surface area contributed by atoms with Crippen LogP contribution in [0.25, 0.3) is 22.0 Å². The Morgan fingerprint density at radius 2 is 1.93 bits per heavy atom. The second-order valence-corrected chi connectivity index (χ2v) is 12.2. The van der Waals surface area contributed by atoms with E-state index in [1.807, 2.05) is 62.4 Å². The molecule has 3 aromatic carbocycles. The number of hydrogen-bond donors (Lipinski definition) is 4. The number of hydrogen-bond acceptors (Lipinski definition) is 4. The van der Waals surface area contributed by atoms with Gasteiger partial charge < -0.3 is 25.8 Å². The smallest absolute Gasteiger partial charge is 0.251 e. The van der Waals surface area contributed by atoms with Crippen molar-refractivity contribution in [1.29, 1.82) is 0 Å². The summed E-state index contributed by atoms with van der Waals surface area (Å²) < 4.78 is 14.8. The first-order valence-electron chi connectivity index (χ1n) is 14.5. The number of aromatic amines is 1. The lowest BCUT2D eigenvalue weighted by atomic mass is 9.80. The van der Waals surface area contributed by atoms with Gasteiger partial charge >= 0.3 is 0 Å². The van der Waals surface area contributed by atoms with Gasteiger partial charge in [0.25, 0.3) is 5.91 Å². The Balaban J connectivity index is 1.23. The number of para-hydroxylation sites is 1. The number of likely N-dealkylation sites (N-methyl/N-ethyl adjacent to an activating group) is 1. The average Bonchev–Trinajstić information content (AvgIpc) is 3.39. The molecule has 1 aliphatic carbocycles. The molecule has 0 bridgehead atoms. The van der Waals surface area contributed by atoms with E-state index in [2.05, 4.69) is 33.1 Å². The van der Waals surface area contributed by atoms with Crippen molar-refractivity contribution < 1.29 is 14.0 Å². The highest BCUT2D eigenvalue weighted by atomic mass is 35.5. The van der Waals surface area contributed by atoms with Gasteiger partial charge in [0.15, 0.2) is 0 Å². The first-order valence-corrected chi connectivity index (χ1v) is 14.8. The molecule has 2 atom stereocenters. The Hall–Kier alpha value is -4.14. The predicted molar refractivity (Wildman–Crippen MR) is 173 cm³/mol. The molecule has 0 saturated heterocycles. The van der Waals surface area contributed by atoms with Crippen LogP contribution >= 0.6 is 11.6 Å². The van der Waals surface area contributed by atoms with Crippen LogP contribution in [0.2, 0.25) is 5.02 Å². The zero-order chi connectivity index (χ0) is 30.6. The quantitative estimate of drug-likeness (QED) is 0.152. The third kappa shape index (κ3) is 7.45. The maximum atomic E-state index is 14.8. The van der Waals surface area contributed by atoms with Crippen molar-refractivity contribution in [2.75, 3.05) is 31.3 Å². The van der Waals surface area contributed by atoms with E-state index in [1.54, 1.807) is 6.08 Å². The molecule has 7 nitrogen and oxygen atoms in total. The van der Waals surface area contributed by atoms with Crippen LogP contribution < -0.4 is 16.0 Å². The molecule has 0 aliphatic heterocycles. The fourth-order valence-electron chi connectivity index (χ4n) is 5.72. The summed E-state index contributed by atoms with van der Waals surface area (Å²) in [5, 5.41) is 11.1. The van der Waals surface area contributed by atoms with E-state index in [1.165, 1.54) is 18.2 Å². The Morgan fingerprint density at radius 3 is 2.72 bits per heavy atom. The van der Waals surface area contributed by atoms with Gasteiger partial charge in [-0.1, -0.05) is 35.9 Å². The van der Waals surface area contributed by atoms with Crippen molar-refractivity contribution >= 4 is 45.7 Å². The Bertz CT molecular complexity index is 1670. The Labute approximate surface area is 256 Å². The second kappa shape index (κ2) is 13.0. The molecular formula is C34H37ClFN5O2. The van der Waals surface area contributed by atoms with E-state index in [0.717, 1.165) is 53.0 Å². The minimum Gasteiger partial charge on any atom is -0.382 e. The fraction of sp³-hybridized carbons (Fsp3) is 0.294. The number of carbonyl (C=O) groups excluding carboxylic acids is 2. The molecular weight excluding hydrogens is 565 g/mol. The Kier molecular flexibility index (Phi) is 9.18. The van der Waals surface area contributed by atoms with E-state index in [-0.39, 0.29) is 23.2 Å². The SMILES string of the molecule is CN(C)C/C=C/C(=O)Nc1ccc(C(=O)NC2(C)CCCC(Nc3ccc(Cl)c(-c4c[nH]c5ccccc45)c3)C2)cc1F. The number of H-pyrrole nitrogens is 1. The summed E-state index contributed by atoms with van der Waals surface area (Å²) in [5.41, 5.74) is 3.76. The molecule has 1 aliphatic rings. The zero-order valence-corrected chi connectivity index (χ0v) is 25.4. The summed E-state index contributed by atoms with van der Waals surface area (Å²) in [6.07, 6.45) is 8.45. The minimum atomic E-state index is -0.663. The van der Waals surface area contributed by atoms with Gasteiger partial charge in [0, 0.05) is 68.7 Å². The minimum absolute atomic E-state index is 0.0270. The summed E-state index contributed by atoms with van der Waals surface area (Å²) in [6.45, 7) is 2.62. The molecule has 2 amide bonds. The average molecular weight is 602 g/mol. The number of halogens is 2. The van der Waals surface area contributed by atoms with Gasteiger partial charge in [-0.15, -0.1) is 0 Å². The molecule has 43 heavy (non-hydrogen) atoms. The number of anilines is 2. The van der Waals surface area contributed by atoms with Gasteiger partial charge in [-0.2, -0.15) is 0 Å². The maximum absolute atomic E-state index is 14.8. The highest BCUT2D eigenvalue weighted by Crippen LogP contribution is 2.37. The van der Waals surface area contributed by atoms with Gasteiger partial charge in [-0.25, -0.2) is 4.39 Å². The highest BCUT2D eigenvalue weighted by molar-refractivity contribution is 6.34. The number of fused-ring (bicyclic) bond motifs is 1. The largest absolute Gasteiger partial charge is 0.382 e. The lowest BCUT2D eigenvalue weighted by Gasteiger charge is -2.39. The molecule has 1 aromatic heterocycles. The number of benzene rings is 3. The van der Waals surface area contributed by atoms with E-state index >= 15 is 0 Å². The third-order valence-electron chi connectivity index (χ3n) is 7.84. The highest BCUT2D eigenvalue weighted by Gasteiger charge is 2.34. The van der Waals surface area contributed by atoms with Crippen molar-refractivity contribution in [2.24, 2.45) is 0 Å². The van der Waals surface area contributed by atoms with Gasteiger partial charge in [-0.05, 0) is 89.2 Å². The van der Waals surface area contributed by atoms with E-state index < -0.39 is 17.3 Å². The van der Waals surface area contributed by atoms with Crippen LogP contribution in [-0.2, 0) is 4.79 Å². The number of carbonyl (C=O) groups is 2. The molecule has 1 heterocycles. The van der Waals surface area contributed by atoms with Crippen LogP contribution in [0.3, 0.4) is 0 Å². The molecule has 1 fully saturated rings. The summed E-state index contributed by atoms with van der Waals surface area (Å²) in [4.78, 5) is 30.5. The topological polar surface area (TPSA) is 89.3 Å². The zero-order valence-electron chi connectivity index (χ0n) is 24.6. The van der Waals surface area contributed by atoms with Gasteiger partial charge in [-0.3, -0.25) is 9.59 Å². The monoisotopic (exact) mass is 601 g/mol. The summed E-state index contributed by atoms with van der Waals surface area (Å²) >= 11 is 6.63. The van der Waals surface area contributed by atoms with Crippen LogP contribution in [0.4, 0.5) is 15.8 Å². The number of nitrogens with zero attached hydrogens (tertiary/aromatic N) is 1. The van der Waals surface area contributed by atoms with Crippen LogP contribution in [0.5, 0.6) is 0 Å². The van der Waals surface area contributed by atoms with E-state index in [9.17, 15) is 14.0 Å². The van der Waals surface area contributed by atoms with E-state index in [4.69, 9.17) is 11.6 Å². The fourth-order valence-corrected chi connectivity index (χ4v) is 5.94. The molecule has 4 aromatic rings. The first-order chi connectivity index (χ1) is 20.6. The summed E-state index contributed by atoms with van der Waals surface area (Å²) in [5.74, 6) is -1.44. The maximum Gasteiger partial charge on any atom is 0.251 e. The van der Waals surface area contributed by atoms with E-state index in [0.29, 0.717) is 18.0 Å². The van der Waals surface area contributed by atoms with Gasteiger partial charge in [0.1, 0.15) is 5.82 Å². The van der Waals surface area contributed by atoms with Gasteiger partial charge in [0.05, 0.1) is 5.69 Å². The van der Waals surface area contributed by atoms with Crippen molar-refractivity contribution in [1.82, 2.24) is 15.2 Å². The van der Waals surface area contributed by atoms with Crippen LogP contribution in [0, 0.1) is 5.82 Å². The van der Waals surface area contributed by atoms with Crippen molar-refractivity contribution in [3.63, 3.8) is 0 Å².